The molecule has 0 spiro atoms. The van der Waals surface area contributed by atoms with E-state index in [0.717, 1.165) is 5.92 Å². The highest BCUT2D eigenvalue weighted by molar-refractivity contribution is 5.87. The molecule has 0 heterocycles. The van der Waals surface area contributed by atoms with Gasteiger partial charge in [0, 0.05) is 11.5 Å². The van der Waals surface area contributed by atoms with Crippen LogP contribution in [0.1, 0.15) is 72.1 Å². The Morgan fingerprint density at radius 3 is 2.45 bits per heavy atom. The third-order valence-corrected chi connectivity index (χ3v) is 5.75. The molecule has 4 unspecified atom stereocenters. The maximum atomic E-state index is 12.1. The molecule has 114 valence electrons. The molecule has 0 aromatic heterocycles. The van der Waals surface area contributed by atoms with Crippen LogP contribution in [0.5, 0.6) is 0 Å². The topological polar surface area (TPSA) is 26.3 Å². The Bertz CT molecular complexity index is 374. The van der Waals surface area contributed by atoms with Crippen LogP contribution in [0.25, 0.3) is 0 Å². The molecule has 0 saturated heterocycles. The van der Waals surface area contributed by atoms with Crippen LogP contribution in [0.4, 0.5) is 0 Å². The molecule has 2 fully saturated rings. The molecule has 2 nitrogen and oxygen atoms in total. The molecule has 2 aliphatic carbocycles. The number of carbonyl (C=O) groups excluding carboxylic acids is 1. The highest BCUT2D eigenvalue weighted by Gasteiger charge is 2.47. The molecule has 0 aromatic rings. The average molecular weight is 278 g/mol. The molecule has 2 rings (SSSR count). The van der Waals surface area contributed by atoms with Gasteiger partial charge in [-0.15, -0.1) is 0 Å². The van der Waals surface area contributed by atoms with Gasteiger partial charge in [-0.3, -0.25) is 0 Å². The maximum absolute atomic E-state index is 12.1. The van der Waals surface area contributed by atoms with Gasteiger partial charge in [0.05, 0.1) is 0 Å². The van der Waals surface area contributed by atoms with Crippen molar-refractivity contribution in [1.29, 1.82) is 0 Å². The molecule has 0 amide bonds. The largest absolute Gasteiger partial charge is 0.455 e. The molecule has 2 saturated carbocycles. The van der Waals surface area contributed by atoms with Crippen molar-refractivity contribution in [2.45, 2.75) is 77.7 Å². The smallest absolute Gasteiger partial charge is 0.333 e. The van der Waals surface area contributed by atoms with Gasteiger partial charge in [0.1, 0.15) is 5.60 Å². The van der Waals surface area contributed by atoms with Crippen LogP contribution in [0.15, 0.2) is 12.2 Å². The van der Waals surface area contributed by atoms with E-state index >= 15 is 0 Å². The summed E-state index contributed by atoms with van der Waals surface area (Å²) in [5, 5.41) is 0. The Balaban J connectivity index is 2.27. The van der Waals surface area contributed by atoms with E-state index in [1.165, 1.54) is 51.4 Å². The summed E-state index contributed by atoms with van der Waals surface area (Å²) in [5.74, 6) is 1.51. The third kappa shape index (κ3) is 3.10. The van der Waals surface area contributed by atoms with Crippen LogP contribution in [0, 0.1) is 17.8 Å². The van der Waals surface area contributed by atoms with Crippen molar-refractivity contribution < 1.29 is 9.53 Å². The fourth-order valence-corrected chi connectivity index (χ4v) is 4.29. The minimum Gasteiger partial charge on any atom is -0.455 e. The number of carbonyl (C=O) groups is 1. The molecule has 20 heavy (non-hydrogen) atoms. The van der Waals surface area contributed by atoms with Gasteiger partial charge in [0.15, 0.2) is 0 Å². The molecule has 0 radical (unpaired) electrons. The SMILES string of the molecule is C=C(C)C(=O)OC1(C)C(C)CCCC2CCCCCC21. The van der Waals surface area contributed by atoms with E-state index in [4.69, 9.17) is 4.74 Å². The van der Waals surface area contributed by atoms with Crippen molar-refractivity contribution in [3.05, 3.63) is 12.2 Å². The monoisotopic (exact) mass is 278 g/mol. The summed E-state index contributed by atoms with van der Waals surface area (Å²) in [6.07, 6.45) is 10.3. The van der Waals surface area contributed by atoms with Crippen molar-refractivity contribution in [3.8, 4) is 0 Å². The van der Waals surface area contributed by atoms with E-state index < -0.39 is 0 Å². The summed E-state index contributed by atoms with van der Waals surface area (Å²) in [6, 6.07) is 0. The Hall–Kier alpha value is -0.790. The van der Waals surface area contributed by atoms with Crippen LogP contribution >= 0.6 is 0 Å². The fourth-order valence-electron chi connectivity index (χ4n) is 4.29. The lowest BCUT2D eigenvalue weighted by Crippen LogP contribution is -2.47. The quantitative estimate of drug-likeness (QED) is 0.531. The summed E-state index contributed by atoms with van der Waals surface area (Å²) in [7, 11) is 0. The number of hydrogen-bond acceptors (Lipinski definition) is 2. The second-order valence-corrected chi connectivity index (χ2v) is 7.19. The highest BCUT2D eigenvalue weighted by atomic mass is 16.6. The fraction of sp³-hybridized carbons (Fsp3) is 0.833. The maximum Gasteiger partial charge on any atom is 0.333 e. The van der Waals surface area contributed by atoms with Crippen molar-refractivity contribution >= 4 is 5.97 Å². The van der Waals surface area contributed by atoms with E-state index in [-0.39, 0.29) is 11.6 Å². The van der Waals surface area contributed by atoms with Gasteiger partial charge in [-0.1, -0.05) is 52.0 Å². The normalized spacial score (nSPS) is 38.2. The summed E-state index contributed by atoms with van der Waals surface area (Å²) in [5.41, 5.74) is 0.217. The van der Waals surface area contributed by atoms with E-state index in [0.29, 0.717) is 17.4 Å². The number of esters is 1. The van der Waals surface area contributed by atoms with Crippen LogP contribution < -0.4 is 0 Å². The van der Waals surface area contributed by atoms with Crippen LogP contribution in [0.2, 0.25) is 0 Å². The molecule has 2 heteroatoms. The first kappa shape index (κ1) is 15.6. The molecule has 0 aliphatic heterocycles. The molecule has 2 aliphatic rings. The zero-order chi connectivity index (χ0) is 14.8. The Morgan fingerprint density at radius 2 is 1.75 bits per heavy atom. The molecule has 0 bridgehead atoms. The third-order valence-electron chi connectivity index (χ3n) is 5.75. The van der Waals surface area contributed by atoms with E-state index in [9.17, 15) is 4.79 Å². The standard InChI is InChI=1S/C18H30O2/c1-13(2)17(19)20-18(4)14(3)9-8-11-15-10-6-5-7-12-16(15)18/h14-16H,1,5-12H2,2-4H3. The van der Waals surface area contributed by atoms with Crippen molar-refractivity contribution in [2.75, 3.05) is 0 Å². The second-order valence-electron chi connectivity index (χ2n) is 7.19. The van der Waals surface area contributed by atoms with E-state index in [2.05, 4.69) is 20.4 Å². The molecule has 0 N–H and O–H groups in total. The van der Waals surface area contributed by atoms with Crippen LogP contribution in [-0.2, 0) is 9.53 Å². The minimum atomic E-state index is -0.304. The summed E-state index contributed by atoms with van der Waals surface area (Å²) >= 11 is 0. The molecule has 0 aromatic carbocycles. The lowest BCUT2D eigenvalue weighted by atomic mass is 9.71. The van der Waals surface area contributed by atoms with Crippen molar-refractivity contribution in [2.24, 2.45) is 17.8 Å². The number of ether oxygens (including phenoxy) is 1. The number of rotatable bonds is 2. The van der Waals surface area contributed by atoms with Gasteiger partial charge in [-0.25, -0.2) is 4.79 Å². The van der Waals surface area contributed by atoms with E-state index in [1.807, 2.05) is 0 Å². The zero-order valence-corrected chi connectivity index (χ0v) is 13.4. The predicted molar refractivity (Wildman–Crippen MR) is 82.4 cm³/mol. The first-order chi connectivity index (χ1) is 9.45. The van der Waals surface area contributed by atoms with Gasteiger partial charge in [-0.2, -0.15) is 0 Å². The molecule has 4 atom stereocenters. The summed E-state index contributed by atoms with van der Waals surface area (Å²) in [6.45, 7) is 9.95. The Morgan fingerprint density at radius 1 is 1.10 bits per heavy atom. The number of hydrogen-bond donors (Lipinski definition) is 0. The van der Waals surface area contributed by atoms with Gasteiger partial charge in [0.2, 0.25) is 0 Å². The summed E-state index contributed by atoms with van der Waals surface area (Å²) in [4.78, 5) is 12.1. The highest BCUT2D eigenvalue weighted by Crippen LogP contribution is 2.48. The van der Waals surface area contributed by atoms with Crippen LogP contribution in [-0.4, -0.2) is 11.6 Å². The lowest BCUT2D eigenvalue weighted by Gasteiger charge is -2.43. The van der Waals surface area contributed by atoms with Crippen molar-refractivity contribution in [3.63, 3.8) is 0 Å². The van der Waals surface area contributed by atoms with Gasteiger partial charge in [-0.05, 0) is 38.5 Å². The Kier molecular flexibility index (Phi) is 4.93. The number of fused-ring (bicyclic) bond motifs is 1. The predicted octanol–water partition coefficient (Wildman–Crippen LogP) is 4.88. The Labute approximate surface area is 124 Å². The average Bonchev–Trinajstić information content (AvgIpc) is 2.68. The van der Waals surface area contributed by atoms with Crippen LogP contribution in [0.3, 0.4) is 0 Å². The lowest BCUT2D eigenvalue weighted by molar-refractivity contribution is -0.169. The summed E-state index contributed by atoms with van der Waals surface area (Å²) < 4.78 is 6.02. The molecular formula is C18H30O2. The van der Waals surface area contributed by atoms with Crippen molar-refractivity contribution in [1.82, 2.24) is 0 Å². The van der Waals surface area contributed by atoms with E-state index in [1.54, 1.807) is 6.92 Å². The molecular weight excluding hydrogens is 248 g/mol. The van der Waals surface area contributed by atoms with Gasteiger partial charge in [0.25, 0.3) is 0 Å². The first-order valence-corrected chi connectivity index (χ1v) is 8.34. The minimum absolute atomic E-state index is 0.204. The second kappa shape index (κ2) is 6.32. The first-order valence-electron chi connectivity index (χ1n) is 8.34. The van der Waals surface area contributed by atoms with Gasteiger partial charge < -0.3 is 4.74 Å². The van der Waals surface area contributed by atoms with Gasteiger partial charge >= 0.3 is 5.97 Å². The zero-order valence-electron chi connectivity index (χ0n) is 13.4.